The molecule has 128 valence electrons. The van der Waals surface area contributed by atoms with E-state index in [0.717, 1.165) is 12.8 Å². The third kappa shape index (κ3) is 3.22. The lowest BCUT2D eigenvalue weighted by atomic mass is 10.0. The predicted octanol–water partition coefficient (Wildman–Crippen LogP) is 2.43. The third-order valence-electron chi connectivity index (χ3n) is 4.56. The summed E-state index contributed by atoms with van der Waals surface area (Å²) < 4.78 is 11.5. The summed E-state index contributed by atoms with van der Waals surface area (Å²) in [6.07, 6.45) is 1.88. The fourth-order valence-electron chi connectivity index (χ4n) is 3.23. The first kappa shape index (κ1) is 16.7. The Kier molecular flexibility index (Phi) is 5.00. The van der Waals surface area contributed by atoms with Crippen molar-refractivity contribution in [1.82, 2.24) is 0 Å². The maximum Gasteiger partial charge on any atom is 0.272 e. The van der Waals surface area contributed by atoms with Crippen LogP contribution in [0.1, 0.15) is 38.4 Å². The lowest BCUT2D eigenvalue weighted by Gasteiger charge is -2.35. The molecule has 0 bridgehead atoms. The molecule has 5 heteroatoms. The highest BCUT2D eigenvalue weighted by molar-refractivity contribution is 5.63. The van der Waals surface area contributed by atoms with Gasteiger partial charge in [0.25, 0.3) is 10.9 Å². The Balaban J connectivity index is 1.58. The van der Waals surface area contributed by atoms with E-state index in [2.05, 4.69) is 19.1 Å². The first-order valence-electron chi connectivity index (χ1n) is 8.53. The van der Waals surface area contributed by atoms with E-state index in [-0.39, 0.29) is 18.0 Å². The Labute approximate surface area is 141 Å². The summed E-state index contributed by atoms with van der Waals surface area (Å²) in [6, 6.07) is 10.2. The number of hydrogen-bond acceptors (Lipinski definition) is 5. The van der Waals surface area contributed by atoms with Gasteiger partial charge in [0, 0.05) is 13.1 Å². The van der Waals surface area contributed by atoms with Crippen molar-refractivity contribution in [1.29, 1.82) is 0 Å². The Morgan fingerprint density at radius 2 is 1.79 bits per heavy atom. The SMILES string of the molecule is CCOc1c(N2CCC(OC(C)c3ccccc3)CC2)c(=O)c1=O. The minimum absolute atomic E-state index is 0.0489. The molecule has 1 unspecified atom stereocenters. The Morgan fingerprint density at radius 1 is 1.12 bits per heavy atom. The van der Waals surface area contributed by atoms with E-state index in [4.69, 9.17) is 9.47 Å². The highest BCUT2D eigenvalue weighted by Crippen LogP contribution is 2.28. The van der Waals surface area contributed by atoms with Crippen LogP contribution in [-0.2, 0) is 4.74 Å². The molecule has 0 spiro atoms. The van der Waals surface area contributed by atoms with Gasteiger partial charge in [-0.05, 0) is 32.3 Å². The van der Waals surface area contributed by atoms with E-state index in [0.29, 0.717) is 25.4 Å². The van der Waals surface area contributed by atoms with Crippen molar-refractivity contribution in [2.24, 2.45) is 0 Å². The fourth-order valence-corrected chi connectivity index (χ4v) is 3.23. The molecule has 1 aliphatic heterocycles. The van der Waals surface area contributed by atoms with Gasteiger partial charge in [0.15, 0.2) is 5.75 Å². The van der Waals surface area contributed by atoms with E-state index >= 15 is 0 Å². The van der Waals surface area contributed by atoms with E-state index in [1.807, 2.05) is 30.0 Å². The Bertz CT molecular complexity index is 740. The zero-order chi connectivity index (χ0) is 17.1. The largest absolute Gasteiger partial charge is 0.488 e. The molecule has 0 amide bonds. The summed E-state index contributed by atoms with van der Waals surface area (Å²) in [5, 5.41) is 0. The maximum atomic E-state index is 11.8. The molecule has 24 heavy (non-hydrogen) atoms. The molecule has 5 nitrogen and oxygen atoms in total. The van der Waals surface area contributed by atoms with E-state index < -0.39 is 10.9 Å². The number of ether oxygens (including phenoxy) is 2. The van der Waals surface area contributed by atoms with Gasteiger partial charge in [-0.25, -0.2) is 0 Å². The van der Waals surface area contributed by atoms with Gasteiger partial charge < -0.3 is 14.4 Å². The fraction of sp³-hybridized carbons (Fsp3) is 0.474. The molecule has 1 atom stereocenters. The number of hydrogen-bond donors (Lipinski definition) is 0. The lowest BCUT2D eigenvalue weighted by molar-refractivity contribution is -0.0157. The van der Waals surface area contributed by atoms with Crippen LogP contribution in [-0.4, -0.2) is 25.8 Å². The molecule has 1 fully saturated rings. The zero-order valence-corrected chi connectivity index (χ0v) is 14.2. The van der Waals surface area contributed by atoms with Crippen molar-refractivity contribution in [3.8, 4) is 5.75 Å². The second kappa shape index (κ2) is 7.18. The zero-order valence-electron chi connectivity index (χ0n) is 14.2. The molecule has 0 saturated carbocycles. The molecular weight excluding hydrogens is 306 g/mol. The van der Waals surface area contributed by atoms with E-state index in [1.165, 1.54) is 5.56 Å². The molecule has 0 aromatic heterocycles. The monoisotopic (exact) mass is 329 g/mol. The molecule has 2 aromatic rings. The molecule has 0 aliphatic carbocycles. The topological polar surface area (TPSA) is 55.8 Å². The van der Waals surface area contributed by atoms with Crippen LogP contribution in [0.5, 0.6) is 5.75 Å². The first-order valence-corrected chi connectivity index (χ1v) is 8.53. The molecule has 0 N–H and O–H groups in total. The molecule has 1 saturated heterocycles. The molecule has 3 rings (SSSR count). The van der Waals surface area contributed by atoms with Crippen molar-refractivity contribution in [2.75, 3.05) is 24.6 Å². The van der Waals surface area contributed by atoms with Crippen LogP contribution < -0.4 is 20.5 Å². The number of piperidine rings is 1. The van der Waals surface area contributed by atoms with Crippen LogP contribution in [0, 0.1) is 0 Å². The lowest BCUT2D eigenvalue weighted by Crippen LogP contribution is -2.46. The smallest absolute Gasteiger partial charge is 0.272 e. The van der Waals surface area contributed by atoms with Crippen LogP contribution in [0.15, 0.2) is 39.9 Å². The van der Waals surface area contributed by atoms with Crippen LogP contribution in [0.3, 0.4) is 0 Å². The van der Waals surface area contributed by atoms with Gasteiger partial charge in [0.05, 0.1) is 18.8 Å². The third-order valence-corrected chi connectivity index (χ3v) is 4.56. The summed E-state index contributed by atoms with van der Waals surface area (Å²) >= 11 is 0. The normalized spacial score (nSPS) is 17.2. The van der Waals surface area contributed by atoms with Gasteiger partial charge >= 0.3 is 0 Å². The first-order chi connectivity index (χ1) is 11.6. The maximum absolute atomic E-state index is 11.8. The van der Waals surface area contributed by atoms with Gasteiger partial charge in [0.1, 0.15) is 5.69 Å². The summed E-state index contributed by atoms with van der Waals surface area (Å²) in [5.74, 6) is 0.236. The van der Waals surface area contributed by atoms with Gasteiger partial charge in [0.2, 0.25) is 0 Å². The molecule has 0 radical (unpaired) electrons. The second-order valence-corrected chi connectivity index (χ2v) is 6.14. The van der Waals surface area contributed by atoms with Crippen molar-refractivity contribution in [3.63, 3.8) is 0 Å². The molecule has 1 heterocycles. The van der Waals surface area contributed by atoms with Crippen molar-refractivity contribution < 1.29 is 9.47 Å². The van der Waals surface area contributed by atoms with Crippen LogP contribution in [0.2, 0.25) is 0 Å². The Morgan fingerprint density at radius 3 is 2.42 bits per heavy atom. The van der Waals surface area contributed by atoms with Crippen LogP contribution in [0.4, 0.5) is 5.69 Å². The Hall–Kier alpha value is -2.14. The van der Waals surface area contributed by atoms with E-state index in [9.17, 15) is 9.59 Å². The van der Waals surface area contributed by atoms with E-state index in [1.54, 1.807) is 0 Å². The van der Waals surface area contributed by atoms with Gasteiger partial charge in [-0.2, -0.15) is 0 Å². The van der Waals surface area contributed by atoms with Crippen molar-refractivity contribution >= 4 is 5.69 Å². The number of rotatable bonds is 6. The summed E-state index contributed by atoms with van der Waals surface area (Å²) in [4.78, 5) is 25.4. The molecular formula is C19H23NO4. The van der Waals surface area contributed by atoms with Crippen molar-refractivity contribution in [3.05, 3.63) is 56.3 Å². The minimum Gasteiger partial charge on any atom is -0.488 e. The summed E-state index contributed by atoms with van der Waals surface area (Å²) in [5.41, 5.74) is 0.704. The van der Waals surface area contributed by atoms with Crippen LogP contribution >= 0.6 is 0 Å². The number of nitrogens with zero attached hydrogens (tertiary/aromatic N) is 1. The van der Waals surface area contributed by atoms with Crippen molar-refractivity contribution in [2.45, 2.75) is 38.9 Å². The minimum atomic E-state index is -0.497. The number of anilines is 1. The van der Waals surface area contributed by atoms with Gasteiger partial charge in [-0.15, -0.1) is 0 Å². The highest BCUT2D eigenvalue weighted by atomic mass is 16.5. The molecule has 2 aromatic carbocycles. The standard InChI is InChI=1S/C19H23NO4/c1-3-23-19-16(17(21)18(19)22)20-11-9-15(10-12-20)24-13(2)14-7-5-4-6-8-14/h4-8,13,15H,3,9-12H2,1-2H3. The average molecular weight is 329 g/mol. The summed E-state index contributed by atoms with van der Waals surface area (Å²) in [6.45, 7) is 5.68. The number of benzene rings is 1. The quantitative estimate of drug-likeness (QED) is 0.762. The van der Waals surface area contributed by atoms with Gasteiger partial charge in [-0.1, -0.05) is 30.3 Å². The van der Waals surface area contributed by atoms with Crippen LogP contribution in [0.25, 0.3) is 0 Å². The average Bonchev–Trinajstić information content (AvgIpc) is 2.63. The second-order valence-electron chi connectivity index (χ2n) is 6.14. The predicted molar refractivity (Wildman–Crippen MR) is 93.7 cm³/mol. The molecule has 1 aliphatic rings. The highest BCUT2D eigenvalue weighted by Gasteiger charge is 2.30. The summed E-state index contributed by atoms with van der Waals surface area (Å²) in [7, 11) is 0. The van der Waals surface area contributed by atoms with Gasteiger partial charge in [-0.3, -0.25) is 9.59 Å².